The number of primary amides is 1. The van der Waals surface area contributed by atoms with E-state index in [1.807, 2.05) is 5.38 Å². The second-order valence-electron chi connectivity index (χ2n) is 2.77. The number of nitrogens with two attached hydrogens (primary N) is 1. The van der Waals surface area contributed by atoms with Gasteiger partial charge in [-0.15, -0.1) is 0 Å². The van der Waals surface area contributed by atoms with Gasteiger partial charge in [-0.25, -0.2) is 4.79 Å². The van der Waals surface area contributed by atoms with Crippen LogP contribution < -0.4 is 5.73 Å². The van der Waals surface area contributed by atoms with Crippen molar-refractivity contribution in [1.82, 2.24) is 5.06 Å². The highest BCUT2D eigenvalue weighted by atomic mass is 32.1. The molecule has 0 aliphatic rings. The van der Waals surface area contributed by atoms with Crippen molar-refractivity contribution in [2.45, 2.75) is 12.5 Å². The fourth-order valence-corrected chi connectivity index (χ4v) is 1.88. The van der Waals surface area contributed by atoms with Crippen LogP contribution in [-0.4, -0.2) is 28.0 Å². The van der Waals surface area contributed by atoms with Gasteiger partial charge in [-0.2, -0.15) is 16.4 Å². The molecule has 0 spiro atoms. The second kappa shape index (κ2) is 4.94. The van der Waals surface area contributed by atoms with Crippen molar-refractivity contribution in [3.63, 3.8) is 0 Å². The normalized spacial score (nSPS) is 12.4. The fourth-order valence-electron chi connectivity index (χ4n) is 1.17. The number of hydrogen-bond donors (Lipinski definition) is 3. The summed E-state index contributed by atoms with van der Waals surface area (Å²) >= 11 is 1.45. The van der Waals surface area contributed by atoms with Gasteiger partial charge in [-0.1, -0.05) is 0 Å². The Morgan fingerprint density at radius 2 is 2.43 bits per heavy atom. The van der Waals surface area contributed by atoms with Gasteiger partial charge in [-0.3, -0.25) is 5.21 Å². The standard InChI is InChI=1S/C8H12N2O3S/c9-8(12)10(13)7(1-3-11)6-2-4-14-5-6/h2,4-5,7,11,13H,1,3H2,(H2,9,12). The summed E-state index contributed by atoms with van der Waals surface area (Å²) in [6.45, 7) is -0.120. The Balaban J connectivity index is 2.79. The van der Waals surface area contributed by atoms with Crippen LogP contribution in [0.3, 0.4) is 0 Å². The molecule has 14 heavy (non-hydrogen) atoms. The largest absolute Gasteiger partial charge is 0.396 e. The van der Waals surface area contributed by atoms with Crippen LogP contribution in [0.25, 0.3) is 0 Å². The molecule has 0 saturated heterocycles. The number of carbonyl (C=O) groups is 1. The molecule has 2 amide bonds. The van der Waals surface area contributed by atoms with Crippen molar-refractivity contribution in [2.24, 2.45) is 5.73 Å². The molecule has 1 atom stereocenters. The second-order valence-corrected chi connectivity index (χ2v) is 3.55. The van der Waals surface area contributed by atoms with Crippen LogP contribution in [0.5, 0.6) is 0 Å². The number of hydroxylamine groups is 2. The van der Waals surface area contributed by atoms with Gasteiger partial charge in [-0.05, 0) is 28.8 Å². The summed E-state index contributed by atoms with van der Waals surface area (Å²) in [5, 5.41) is 22.2. The van der Waals surface area contributed by atoms with E-state index in [0.29, 0.717) is 5.06 Å². The summed E-state index contributed by atoms with van der Waals surface area (Å²) in [6, 6.07) is 0.287. The number of hydrogen-bond acceptors (Lipinski definition) is 4. The van der Waals surface area contributed by atoms with Crippen molar-refractivity contribution in [3.8, 4) is 0 Å². The first-order valence-corrected chi connectivity index (χ1v) is 5.01. The number of aliphatic hydroxyl groups is 1. The fraction of sp³-hybridized carbons (Fsp3) is 0.375. The number of nitrogens with zero attached hydrogens (tertiary/aromatic N) is 1. The molecule has 0 fully saturated rings. The van der Waals surface area contributed by atoms with Crippen LogP contribution in [0.4, 0.5) is 4.79 Å². The van der Waals surface area contributed by atoms with E-state index in [2.05, 4.69) is 0 Å². The van der Waals surface area contributed by atoms with Gasteiger partial charge in [0.05, 0.1) is 6.04 Å². The summed E-state index contributed by atoms with van der Waals surface area (Å²) in [4.78, 5) is 10.7. The lowest BCUT2D eigenvalue weighted by molar-refractivity contribution is -0.0816. The summed E-state index contributed by atoms with van der Waals surface area (Å²) < 4.78 is 0. The Morgan fingerprint density at radius 3 is 2.86 bits per heavy atom. The van der Waals surface area contributed by atoms with Crippen LogP contribution in [-0.2, 0) is 0 Å². The molecule has 0 aliphatic carbocycles. The Labute approximate surface area is 85.3 Å². The van der Waals surface area contributed by atoms with E-state index in [4.69, 9.17) is 10.8 Å². The topological polar surface area (TPSA) is 86.8 Å². The number of amides is 2. The van der Waals surface area contributed by atoms with Crippen LogP contribution in [0.1, 0.15) is 18.0 Å². The molecule has 78 valence electrons. The van der Waals surface area contributed by atoms with E-state index in [9.17, 15) is 10.0 Å². The first kappa shape index (κ1) is 11.0. The highest BCUT2D eigenvalue weighted by Gasteiger charge is 2.21. The first-order valence-electron chi connectivity index (χ1n) is 4.07. The molecule has 0 saturated carbocycles. The minimum absolute atomic E-state index is 0.120. The maximum atomic E-state index is 10.7. The zero-order valence-corrected chi connectivity index (χ0v) is 8.28. The van der Waals surface area contributed by atoms with E-state index < -0.39 is 12.1 Å². The number of urea groups is 1. The Morgan fingerprint density at radius 1 is 1.71 bits per heavy atom. The molecule has 1 heterocycles. The average molecular weight is 216 g/mol. The maximum Gasteiger partial charge on any atom is 0.339 e. The van der Waals surface area contributed by atoms with Crippen LogP contribution in [0, 0.1) is 0 Å². The third-order valence-corrected chi connectivity index (χ3v) is 2.55. The lowest BCUT2D eigenvalue weighted by atomic mass is 10.1. The minimum Gasteiger partial charge on any atom is -0.396 e. The van der Waals surface area contributed by atoms with Crippen molar-refractivity contribution in [2.75, 3.05) is 6.61 Å². The molecule has 1 aromatic heterocycles. The summed E-state index contributed by atoms with van der Waals surface area (Å²) in [5.74, 6) is 0. The van der Waals surface area contributed by atoms with Gasteiger partial charge in [0.25, 0.3) is 0 Å². The molecule has 4 N–H and O–H groups in total. The molecule has 0 aliphatic heterocycles. The molecule has 1 unspecified atom stereocenters. The number of thiophene rings is 1. The third-order valence-electron chi connectivity index (χ3n) is 1.85. The van der Waals surface area contributed by atoms with Gasteiger partial charge in [0.1, 0.15) is 0 Å². The minimum atomic E-state index is -0.922. The molecule has 6 heteroatoms. The van der Waals surface area contributed by atoms with Crippen molar-refractivity contribution in [3.05, 3.63) is 22.4 Å². The molecule has 0 bridgehead atoms. The smallest absolute Gasteiger partial charge is 0.339 e. The Hall–Kier alpha value is -1.11. The molecule has 0 radical (unpaired) electrons. The molecular formula is C8H12N2O3S. The first-order chi connectivity index (χ1) is 6.66. The number of rotatable bonds is 4. The summed E-state index contributed by atoms with van der Waals surface area (Å²) in [7, 11) is 0. The number of aliphatic hydroxyl groups excluding tert-OH is 1. The van der Waals surface area contributed by atoms with Gasteiger partial charge >= 0.3 is 6.03 Å². The van der Waals surface area contributed by atoms with E-state index in [1.54, 1.807) is 11.4 Å². The van der Waals surface area contributed by atoms with Gasteiger partial charge in [0.2, 0.25) is 0 Å². The van der Waals surface area contributed by atoms with Crippen LogP contribution in [0.2, 0.25) is 0 Å². The van der Waals surface area contributed by atoms with E-state index in [0.717, 1.165) is 5.56 Å². The third kappa shape index (κ3) is 2.44. The highest BCUT2D eigenvalue weighted by Crippen LogP contribution is 2.24. The lowest BCUT2D eigenvalue weighted by Crippen LogP contribution is -2.36. The summed E-state index contributed by atoms with van der Waals surface area (Å²) in [6.07, 6.45) is 0.260. The van der Waals surface area contributed by atoms with Crippen molar-refractivity contribution in [1.29, 1.82) is 0 Å². The predicted molar refractivity (Wildman–Crippen MR) is 52.0 cm³/mol. The van der Waals surface area contributed by atoms with E-state index in [1.165, 1.54) is 11.3 Å². The van der Waals surface area contributed by atoms with Crippen LogP contribution in [0.15, 0.2) is 16.8 Å². The van der Waals surface area contributed by atoms with Crippen LogP contribution >= 0.6 is 11.3 Å². The quantitative estimate of drug-likeness (QED) is 0.517. The monoisotopic (exact) mass is 216 g/mol. The van der Waals surface area contributed by atoms with Crippen molar-refractivity contribution < 1.29 is 15.1 Å². The summed E-state index contributed by atoms with van der Waals surface area (Å²) in [5.41, 5.74) is 5.70. The average Bonchev–Trinajstić information content (AvgIpc) is 2.65. The van der Waals surface area contributed by atoms with Crippen molar-refractivity contribution >= 4 is 17.4 Å². The zero-order chi connectivity index (χ0) is 10.6. The van der Waals surface area contributed by atoms with E-state index in [-0.39, 0.29) is 13.0 Å². The Bertz CT molecular complexity index is 289. The lowest BCUT2D eigenvalue weighted by Gasteiger charge is -2.22. The SMILES string of the molecule is NC(=O)N(O)C(CCO)c1ccsc1. The predicted octanol–water partition coefficient (Wildman–Crippen LogP) is 0.942. The zero-order valence-electron chi connectivity index (χ0n) is 7.46. The molecule has 1 aromatic rings. The maximum absolute atomic E-state index is 10.7. The van der Waals surface area contributed by atoms with Gasteiger partial charge < -0.3 is 10.8 Å². The highest BCUT2D eigenvalue weighted by molar-refractivity contribution is 7.07. The van der Waals surface area contributed by atoms with Gasteiger partial charge in [0.15, 0.2) is 0 Å². The molecule has 1 rings (SSSR count). The number of carbonyl (C=O) groups excluding carboxylic acids is 1. The van der Waals surface area contributed by atoms with Gasteiger partial charge in [0, 0.05) is 6.61 Å². The van der Waals surface area contributed by atoms with E-state index >= 15 is 0 Å². The molecular weight excluding hydrogens is 204 g/mol. The molecule has 0 aromatic carbocycles. The molecule has 5 nitrogen and oxygen atoms in total. The Kier molecular flexibility index (Phi) is 3.87.